The molecular formula is C20H23N5O. The lowest BCUT2D eigenvalue weighted by atomic mass is 10.0. The number of benzene rings is 1. The van der Waals surface area contributed by atoms with Gasteiger partial charge in [0.15, 0.2) is 0 Å². The molecule has 4 rings (SSSR count). The Morgan fingerprint density at radius 3 is 2.65 bits per heavy atom. The molecule has 0 atom stereocenters. The maximum atomic E-state index is 12.9. The molecule has 0 spiro atoms. The van der Waals surface area contributed by atoms with Gasteiger partial charge in [-0.2, -0.15) is 10.2 Å². The van der Waals surface area contributed by atoms with Crippen LogP contribution in [0.4, 0.5) is 0 Å². The zero-order valence-electron chi connectivity index (χ0n) is 15.2. The van der Waals surface area contributed by atoms with Crippen molar-refractivity contribution < 1.29 is 4.79 Å². The molecule has 134 valence electrons. The predicted molar refractivity (Wildman–Crippen MR) is 99.9 cm³/mol. The molecule has 0 saturated carbocycles. The average molecular weight is 349 g/mol. The number of hydrogen-bond donors (Lipinski definition) is 0. The van der Waals surface area contributed by atoms with E-state index >= 15 is 0 Å². The van der Waals surface area contributed by atoms with Gasteiger partial charge in [-0.15, -0.1) is 0 Å². The van der Waals surface area contributed by atoms with Crippen LogP contribution in [0.2, 0.25) is 0 Å². The van der Waals surface area contributed by atoms with Crippen molar-refractivity contribution >= 4 is 5.91 Å². The van der Waals surface area contributed by atoms with Crippen LogP contribution in [-0.4, -0.2) is 43.5 Å². The standard InChI is InChI=1S/C20H23N5O/c1-3-25-18(9-12-21-25)20(26)24-13-10-16-17(11-14-24)23(2)22-19(16)15-7-5-4-6-8-15/h4-9,12H,3,10-11,13-14H2,1-2H3. The lowest BCUT2D eigenvalue weighted by molar-refractivity contribution is 0.0750. The van der Waals surface area contributed by atoms with Gasteiger partial charge in [-0.25, -0.2) is 0 Å². The van der Waals surface area contributed by atoms with E-state index in [1.54, 1.807) is 16.9 Å². The van der Waals surface area contributed by atoms with Gasteiger partial charge >= 0.3 is 0 Å². The van der Waals surface area contributed by atoms with Crippen LogP contribution in [-0.2, 0) is 26.4 Å². The molecular weight excluding hydrogens is 326 g/mol. The predicted octanol–water partition coefficient (Wildman–Crippen LogP) is 2.54. The Morgan fingerprint density at radius 1 is 1.12 bits per heavy atom. The van der Waals surface area contributed by atoms with Crippen molar-refractivity contribution in [3.8, 4) is 11.3 Å². The first-order chi connectivity index (χ1) is 12.7. The number of rotatable bonds is 3. The second kappa shape index (κ2) is 6.78. The number of carbonyl (C=O) groups is 1. The summed E-state index contributed by atoms with van der Waals surface area (Å²) in [6.07, 6.45) is 3.33. The van der Waals surface area contributed by atoms with E-state index in [2.05, 4.69) is 17.2 Å². The highest BCUT2D eigenvalue weighted by atomic mass is 16.2. The Morgan fingerprint density at radius 2 is 1.88 bits per heavy atom. The maximum Gasteiger partial charge on any atom is 0.272 e. The van der Waals surface area contributed by atoms with Crippen LogP contribution in [0.3, 0.4) is 0 Å². The highest BCUT2D eigenvalue weighted by Crippen LogP contribution is 2.28. The molecule has 0 fully saturated rings. The van der Waals surface area contributed by atoms with Gasteiger partial charge in [0.2, 0.25) is 0 Å². The van der Waals surface area contributed by atoms with E-state index in [9.17, 15) is 4.79 Å². The van der Waals surface area contributed by atoms with Gasteiger partial charge in [0, 0.05) is 56.1 Å². The van der Waals surface area contributed by atoms with E-state index in [1.165, 1.54) is 11.3 Å². The maximum absolute atomic E-state index is 12.9. The van der Waals surface area contributed by atoms with Gasteiger partial charge in [0.05, 0.1) is 5.69 Å². The summed E-state index contributed by atoms with van der Waals surface area (Å²) >= 11 is 0. The van der Waals surface area contributed by atoms with Gasteiger partial charge in [0.1, 0.15) is 5.69 Å². The molecule has 0 radical (unpaired) electrons. The summed E-state index contributed by atoms with van der Waals surface area (Å²) in [7, 11) is 1.99. The fraction of sp³-hybridized carbons (Fsp3) is 0.350. The fourth-order valence-electron chi connectivity index (χ4n) is 3.74. The first-order valence-corrected chi connectivity index (χ1v) is 9.10. The van der Waals surface area contributed by atoms with E-state index in [0.29, 0.717) is 25.3 Å². The summed E-state index contributed by atoms with van der Waals surface area (Å²) in [6.45, 7) is 4.10. The summed E-state index contributed by atoms with van der Waals surface area (Å²) in [5, 5.41) is 8.98. The summed E-state index contributed by atoms with van der Waals surface area (Å²) in [6, 6.07) is 12.1. The highest BCUT2D eigenvalue weighted by Gasteiger charge is 2.26. The van der Waals surface area contributed by atoms with Crippen LogP contribution in [0.5, 0.6) is 0 Å². The third kappa shape index (κ3) is 2.81. The largest absolute Gasteiger partial charge is 0.337 e. The quantitative estimate of drug-likeness (QED) is 0.730. The van der Waals surface area contributed by atoms with Crippen molar-refractivity contribution in [2.45, 2.75) is 26.3 Å². The van der Waals surface area contributed by atoms with Crippen molar-refractivity contribution in [1.82, 2.24) is 24.5 Å². The minimum Gasteiger partial charge on any atom is -0.337 e. The number of fused-ring (bicyclic) bond motifs is 1. The van der Waals surface area contributed by atoms with Crippen molar-refractivity contribution in [2.75, 3.05) is 13.1 Å². The second-order valence-corrected chi connectivity index (χ2v) is 6.59. The zero-order valence-corrected chi connectivity index (χ0v) is 15.2. The number of aryl methyl sites for hydroxylation is 2. The third-order valence-corrected chi connectivity index (χ3v) is 5.09. The van der Waals surface area contributed by atoms with Gasteiger partial charge in [-0.05, 0) is 19.4 Å². The fourth-order valence-corrected chi connectivity index (χ4v) is 3.74. The molecule has 1 amide bonds. The molecule has 1 aliphatic heterocycles. The van der Waals surface area contributed by atoms with Crippen molar-refractivity contribution in [3.63, 3.8) is 0 Å². The number of carbonyl (C=O) groups excluding carboxylic acids is 1. The molecule has 26 heavy (non-hydrogen) atoms. The Labute approximate surface area is 153 Å². The van der Waals surface area contributed by atoms with Crippen molar-refractivity contribution in [2.24, 2.45) is 7.05 Å². The Hall–Kier alpha value is -2.89. The number of aromatic nitrogens is 4. The molecule has 0 aliphatic carbocycles. The Bertz CT molecular complexity index is 925. The van der Waals surface area contributed by atoms with Crippen molar-refractivity contribution in [1.29, 1.82) is 0 Å². The van der Waals surface area contributed by atoms with Crippen LogP contribution < -0.4 is 0 Å². The van der Waals surface area contributed by atoms with Gasteiger partial charge in [-0.3, -0.25) is 14.2 Å². The van der Waals surface area contributed by atoms with Crippen LogP contribution in [0, 0.1) is 0 Å². The third-order valence-electron chi connectivity index (χ3n) is 5.09. The van der Waals surface area contributed by atoms with E-state index < -0.39 is 0 Å². The number of nitrogens with zero attached hydrogens (tertiary/aromatic N) is 5. The molecule has 3 heterocycles. The Kier molecular flexibility index (Phi) is 4.32. The molecule has 0 unspecified atom stereocenters. The van der Waals surface area contributed by atoms with E-state index in [0.717, 1.165) is 24.1 Å². The Balaban J connectivity index is 1.61. The first-order valence-electron chi connectivity index (χ1n) is 9.10. The molecule has 2 aromatic heterocycles. The monoisotopic (exact) mass is 349 g/mol. The van der Waals surface area contributed by atoms with Crippen LogP contribution in [0.15, 0.2) is 42.6 Å². The lowest BCUT2D eigenvalue weighted by Crippen LogP contribution is -2.35. The van der Waals surface area contributed by atoms with Gasteiger partial charge in [-0.1, -0.05) is 30.3 Å². The zero-order chi connectivity index (χ0) is 18.1. The summed E-state index contributed by atoms with van der Waals surface area (Å²) in [5.41, 5.74) is 5.32. The molecule has 3 aromatic rings. The molecule has 0 saturated heterocycles. The minimum atomic E-state index is 0.0615. The van der Waals surface area contributed by atoms with Crippen molar-refractivity contribution in [3.05, 3.63) is 59.5 Å². The molecule has 0 bridgehead atoms. The van der Waals surface area contributed by atoms with Crippen LogP contribution in [0.25, 0.3) is 11.3 Å². The van der Waals surface area contributed by atoms with Gasteiger partial charge in [0.25, 0.3) is 5.91 Å². The molecule has 6 heteroatoms. The van der Waals surface area contributed by atoms with Crippen LogP contribution in [0.1, 0.15) is 28.7 Å². The lowest BCUT2D eigenvalue weighted by Gasteiger charge is -2.20. The second-order valence-electron chi connectivity index (χ2n) is 6.59. The normalized spacial score (nSPS) is 14.2. The molecule has 0 N–H and O–H groups in total. The molecule has 1 aromatic carbocycles. The average Bonchev–Trinajstić information content (AvgIpc) is 3.19. The minimum absolute atomic E-state index is 0.0615. The summed E-state index contributed by atoms with van der Waals surface area (Å²) in [5.74, 6) is 0.0615. The van der Waals surface area contributed by atoms with Gasteiger partial charge < -0.3 is 4.90 Å². The smallest absolute Gasteiger partial charge is 0.272 e. The summed E-state index contributed by atoms with van der Waals surface area (Å²) in [4.78, 5) is 14.9. The number of hydrogen-bond acceptors (Lipinski definition) is 3. The van der Waals surface area contributed by atoms with E-state index in [1.807, 2.05) is 41.8 Å². The molecule has 6 nitrogen and oxygen atoms in total. The first kappa shape index (κ1) is 16.6. The highest BCUT2D eigenvalue weighted by molar-refractivity contribution is 5.92. The number of amides is 1. The molecule has 1 aliphatic rings. The summed E-state index contributed by atoms with van der Waals surface area (Å²) < 4.78 is 3.74. The van der Waals surface area contributed by atoms with Crippen LogP contribution >= 0.6 is 0 Å². The van der Waals surface area contributed by atoms with E-state index in [4.69, 9.17) is 5.10 Å². The SMILES string of the molecule is CCn1nccc1C(=O)N1CCc2c(-c3ccccc3)nn(C)c2CC1. The topological polar surface area (TPSA) is 56.0 Å². The van der Waals surface area contributed by atoms with E-state index in [-0.39, 0.29) is 5.91 Å².